The van der Waals surface area contributed by atoms with Gasteiger partial charge in [-0.3, -0.25) is 0 Å². The molecule has 0 heterocycles. The van der Waals surface area contributed by atoms with E-state index >= 15 is 0 Å². The van der Waals surface area contributed by atoms with E-state index in [1.807, 2.05) is 6.92 Å². The topological polar surface area (TPSA) is 40.5 Å². The van der Waals surface area contributed by atoms with Gasteiger partial charge in [-0.15, -0.1) is 0 Å². The fourth-order valence-corrected chi connectivity index (χ4v) is 10.5. The van der Waals surface area contributed by atoms with E-state index in [1.54, 1.807) is 5.57 Å². The van der Waals surface area contributed by atoms with Crippen LogP contribution in [0, 0.1) is 51.8 Å². The van der Waals surface area contributed by atoms with Gasteiger partial charge in [0.05, 0.1) is 11.2 Å². The van der Waals surface area contributed by atoms with Crippen molar-refractivity contribution in [2.75, 3.05) is 0 Å². The molecule has 5 aliphatic rings. The molecule has 4 fully saturated rings. The maximum atomic E-state index is 11.5. The normalized spacial score (nSPS) is 50.5. The molecular formula is C32H54O2. The first kappa shape index (κ1) is 25.3. The molecule has 0 bridgehead atoms. The van der Waals surface area contributed by atoms with Crippen LogP contribution in [0.15, 0.2) is 11.6 Å². The van der Waals surface area contributed by atoms with Gasteiger partial charge < -0.3 is 10.2 Å². The first-order valence-corrected chi connectivity index (χ1v) is 14.8. The molecule has 34 heavy (non-hydrogen) atoms. The summed E-state index contributed by atoms with van der Waals surface area (Å²) in [7, 11) is 0. The second kappa shape index (κ2) is 8.08. The summed E-state index contributed by atoms with van der Waals surface area (Å²) in [6, 6.07) is 0. The van der Waals surface area contributed by atoms with Gasteiger partial charge in [0.15, 0.2) is 0 Å². The van der Waals surface area contributed by atoms with Crippen LogP contribution in [0.3, 0.4) is 0 Å². The number of aliphatic hydroxyl groups is 2. The summed E-state index contributed by atoms with van der Waals surface area (Å²) in [6.45, 7) is 17.0. The molecule has 2 nitrogen and oxygen atoms in total. The number of rotatable bonds is 3. The molecule has 194 valence electrons. The second-order valence-electron chi connectivity index (χ2n) is 15.7. The molecular weight excluding hydrogens is 416 g/mol. The molecule has 0 spiro atoms. The lowest BCUT2D eigenvalue weighted by molar-refractivity contribution is -0.0928. The summed E-state index contributed by atoms with van der Waals surface area (Å²) in [5, 5.41) is 22.3. The van der Waals surface area contributed by atoms with Gasteiger partial charge >= 0.3 is 0 Å². The quantitative estimate of drug-likeness (QED) is 0.411. The third-order valence-corrected chi connectivity index (χ3v) is 12.7. The van der Waals surface area contributed by atoms with Crippen molar-refractivity contribution in [3.8, 4) is 0 Å². The van der Waals surface area contributed by atoms with E-state index in [2.05, 4.69) is 47.6 Å². The first-order valence-electron chi connectivity index (χ1n) is 14.8. The minimum atomic E-state index is -0.510. The van der Waals surface area contributed by atoms with Crippen molar-refractivity contribution >= 4 is 0 Å². The van der Waals surface area contributed by atoms with Gasteiger partial charge in [-0.25, -0.2) is 0 Å². The van der Waals surface area contributed by atoms with Gasteiger partial charge in [-0.05, 0) is 136 Å². The maximum Gasteiger partial charge on any atom is 0.0657 e. The lowest BCUT2D eigenvalue weighted by atomic mass is 9.44. The number of allylic oxidation sites excluding steroid dienone is 1. The highest BCUT2D eigenvalue weighted by atomic mass is 16.3. The molecule has 0 amide bonds. The zero-order chi connectivity index (χ0) is 24.7. The van der Waals surface area contributed by atoms with Gasteiger partial charge in [-0.2, -0.15) is 0 Å². The Balaban J connectivity index is 1.35. The molecule has 0 saturated heterocycles. The minimum Gasteiger partial charge on any atom is -0.390 e. The van der Waals surface area contributed by atoms with E-state index < -0.39 is 11.2 Å². The Bertz CT molecular complexity index is 813. The summed E-state index contributed by atoms with van der Waals surface area (Å²) in [4.78, 5) is 0. The SMILES string of the molecule is C[C@@H]1C=C2C[C@@](C)(O)CC[C@]2(C)[C@H]2CC[C@]3(C)[C@@H]([C@H](C)CC4(O)CCC(C)(C)CC4)CC[C@H]3[C@H]12. The summed E-state index contributed by atoms with van der Waals surface area (Å²) in [6.07, 6.45) is 16.4. The highest BCUT2D eigenvalue weighted by molar-refractivity contribution is 5.28. The van der Waals surface area contributed by atoms with Crippen LogP contribution in [0.5, 0.6) is 0 Å². The van der Waals surface area contributed by atoms with Gasteiger partial charge in [0.1, 0.15) is 0 Å². The van der Waals surface area contributed by atoms with E-state index in [1.165, 1.54) is 38.5 Å². The van der Waals surface area contributed by atoms with Crippen molar-refractivity contribution in [2.45, 2.75) is 137 Å². The second-order valence-corrected chi connectivity index (χ2v) is 15.7. The number of hydrogen-bond donors (Lipinski definition) is 2. The van der Waals surface area contributed by atoms with E-state index in [0.717, 1.165) is 62.2 Å². The summed E-state index contributed by atoms with van der Waals surface area (Å²) < 4.78 is 0. The van der Waals surface area contributed by atoms with E-state index in [0.29, 0.717) is 28.1 Å². The molecule has 0 unspecified atom stereocenters. The largest absolute Gasteiger partial charge is 0.390 e. The summed E-state index contributed by atoms with van der Waals surface area (Å²) in [5.74, 6) is 4.41. The Labute approximate surface area is 210 Å². The van der Waals surface area contributed by atoms with Gasteiger partial charge in [-0.1, -0.05) is 53.2 Å². The van der Waals surface area contributed by atoms with Gasteiger partial charge in [0.25, 0.3) is 0 Å². The van der Waals surface area contributed by atoms with Crippen LogP contribution in [-0.4, -0.2) is 21.4 Å². The van der Waals surface area contributed by atoms with Crippen LogP contribution in [0.1, 0.15) is 126 Å². The van der Waals surface area contributed by atoms with Crippen LogP contribution >= 0.6 is 0 Å². The Morgan fingerprint density at radius 1 is 0.853 bits per heavy atom. The van der Waals surface area contributed by atoms with Crippen molar-refractivity contribution in [1.82, 2.24) is 0 Å². The Hall–Kier alpha value is -0.340. The van der Waals surface area contributed by atoms with Crippen molar-refractivity contribution in [3.63, 3.8) is 0 Å². The monoisotopic (exact) mass is 470 g/mol. The highest BCUT2D eigenvalue weighted by Gasteiger charge is 2.61. The van der Waals surface area contributed by atoms with Crippen molar-refractivity contribution in [1.29, 1.82) is 0 Å². The average Bonchev–Trinajstić information content (AvgIpc) is 3.09. The van der Waals surface area contributed by atoms with Crippen LogP contribution < -0.4 is 0 Å². The smallest absolute Gasteiger partial charge is 0.0657 e. The molecule has 5 rings (SSSR count). The lowest BCUT2D eigenvalue weighted by Crippen LogP contribution is -2.54. The third-order valence-electron chi connectivity index (χ3n) is 12.7. The van der Waals surface area contributed by atoms with Gasteiger partial charge in [0.2, 0.25) is 0 Å². The molecule has 0 radical (unpaired) electrons. The predicted octanol–water partition coefficient (Wildman–Crippen LogP) is 7.92. The van der Waals surface area contributed by atoms with E-state index in [4.69, 9.17) is 0 Å². The highest BCUT2D eigenvalue weighted by Crippen LogP contribution is 2.69. The fraction of sp³-hybridized carbons (Fsp3) is 0.938. The maximum absolute atomic E-state index is 11.5. The standard InChI is InChI=1S/C32H54O2/c1-21-18-23-20-29(5,33)14-15-30(23,6)26-10-11-31(7)24(8-9-25(31)27(21)26)22(2)19-32(34)16-12-28(3,4)13-17-32/h18,21-22,24-27,33-34H,8-17,19-20H2,1-7H3/t21-,22-,24-,25+,26+,27+,29+,30+,31-/m1/s1. The van der Waals surface area contributed by atoms with Crippen molar-refractivity contribution in [2.24, 2.45) is 51.8 Å². The molecule has 2 N–H and O–H groups in total. The van der Waals surface area contributed by atoms with Crippen LogP contribution in [-0.2, 0) is 0 Å². The Morgan fingerprint density at radius 3 is 2.21 bits per heavy atom. The number of hydrogen-bond acceptors (Lipinski definition) is 2. The van der Waals surface area contributed by atoms with Crippen LogP contribution in [0.2, 0.25) is 0 Å². The molecule has 0 aliphatic heterocycles. The zero-order valence-electron chi connectivity index (χ0n) is 23.4. The van der Waals surface area contributed by atoms with E-state index in [9.17, 15) is 10.2 Å². The fourth-order valence-electron chi connectivity index (χ4n) is 10.5. The number of fused-ring (bicyclic) bond motifs is 5. The third kappa shape index (κ3) is 4.06. The summed E-state index contributed by atoms with van der Waals surface area (Å²) >= 11 is 0. The molecule has 0 aromatic rings. The minimum absolute atomic E-state index is 0.300. The van der Waals surface area contributed by atoms with Crippen molar-refractivity contribution < 1.29 is 10.2 Å². The lowest BCUT2D eigenvalue weighted by Gasteiger charge is -2.61. The molecule has 5 aliphatic carbocycles. The zero-order valence-corrected chi connectivity index (χ0v) is 23.4. The molecule has 4 saturated carbocycles. The van der Waals surface area contributed by atoms with Crippen LogP contribution in [0.25, 0.3) is 0 Å². The molecule has 0 aromatic heterocycles. The van der Waals surface area contributed by atoms with Crippen molar-refractivity contribution in [3.05, 3.63) is 11.6 Å². The Kier molecular flexibility index (Phi) is 6.01. The molecule has 2 heteroatoms. The van der Waals surface area contributed by atoms with E-state index in [-0.39, 0.29) is 0 Å². The Morgan fingerprint density at radius 2 is 1.53 bits per heavy atom. The predicted molar refractivity (Wildman–Crippen MR) is 141 cm³/mol. The average molecular weight is 471 g/mol. The van der Waals surface area contributed by atoms with Crippen LogP contribution in [0.4, 0.5) is 0 Å². The summed E-state index contributed by atoms with van der Waals surface area (Å²) in [5.41, 5.74) is 1.78. The van der Waals surface area contributed by atoms with Gasteiger partial charge in [0, 0.05) is 0 Å². The molecule has 9 atom stereocenters. The molecule has 0 aromatic carbocycles. The first-order chi connectivity index (χ1) is 15.7.